The Bertz CT molecular complexity index is 409. The molecule has 0 fully saturated rings. The van der Waals surface area contributed by atoms with Crippen LogP contribution in [0.15, 0.2) is 24.8 Å². The lowest BCUT2D eigenvalue weighted by molar-refractivity contribution is -0.136. The maximum Gasteiger partial charge on any atom is 0.338 e. The first-order valence-electron chi connectivity index (χ1n) is 4.83. The predicted molar refractivity (Wildman–Crippen MR) is 60.3 cm³/mol. The molecule has 1 aromatic rings. The quantitative estimate of drug-likeness (QED) is 0.625. The molecule has 0 spiro atoms. The molecule has 0 radical (unpaired) electrons. The highest BCUT2D eigenvalue weighted by Crippen LogP contribution is 2.29. The third-order valence-corrected chi connectivity index (χ3v) is 2.05. The number of ether oxygens (including phenoxy) is 2. The molecule has 0 aliphatic rings. The van der Waals surface area contributed by atoms with E-state index in [0.29, 0.717) is 17.9 Å². The number of hydrogen-bond acceptors (Lipinski definition) is 4. The van der Waals surface area contributed by atoms with Gasteiger partial charge in [-0.2, -0.15) is 0 Å². The lowest BCUT2D eigenvalue weighted by Gasteiger charge is -2.08. The van der Waals surface area contributed by atoms with Crippen LogP contribution in [0.3, 0.4) is 0 Å². The van der Waals surface area contributed by atoms with Crippen LogP contribution < -0.4 is 4.74 Å². The minimum atomic E-state index is -0.477. The third kappa shape index (κ3) is 2.53. The second-order valence-electron chi connectivity index (χ2n) is 3.09. The van der Waals surface area contributed by atoms with Gasteiger partial charge in [0.15, 0.2) is 11.5 Å². The first-order chi connectivity index (χ1) is 7.60. The highest BCUT2D eigenvalue weighted by molar-refractivity contribution is 6.15. The van der Waals surface area contributed by atoms with Crippen LogP contribution in [0.4, 0.5) is 0 Å². The molecule has 16 heavy (non-hydrogen) atoms. The molecule has 4 heteroatoms. The van der Waals surface area contributed by atoms with Crippen LogP contribution in [0.25, 0.3) is 5.57 Å². The van der Waals surface area contributed by atoms with Gasteiger partial charge in [0.1, 0.15) is 0 Å². The SMILES string of the molecule is C=C(C(=O)OCC)c1ccc(O)c(OC)c1. The molecule has 4 nitrogen and oxygen atoms in total. The van der Waals surface area contributed by atoms with Crippen molar-refractivity contribution in [1.29, 1.82) is 0 Å². The monoisotopic (exact) mass is 222 g/mol. The summed E-state index contributed by atoms with van der Waals surface area (Å²) in [5, 5.41) is 9.39. The normalized spacial score (nSPS) is 9.62. The Labute approximate surface area is 94.1 Å². The Hall–Kier alpha value is -1.97. The molecule has 86 valence electrons. The van der Waals surface area contributed by atoms with Crippen molar-refractivity contribution in [2.24, 2.45) is 0 Å². The van der Waals surface area contributed by atoms with E-state index in [0.717, 1.165) is 0 Å². The average Bonchev–Trinajstić information content (AvgIpc) is 2.29. The summed E-state index contributed by atoms with van der Waals surface area (Å²) in [6.45, 7) is 5.66. The topological polar surface area (TPSA) is 55.8 Å². The zero-order chi connectivity index (χ0) is 12.1. The van der Waals surface area contributed by atoms with Gasteiger partial charge in [-0.1, -0.05) is 12.6 Å². The number of methoxy groups -OCH3 is 1. The van der Waals surface area contributed by atoms with E-state index in [1.807, 2.05) is 0 Å². The Balaban J connectivity index is 2.96. The zero-order valence-electron chi connectivity index (χ0n) is 9.32. The van der Waals surface area contributed by atoms with Gasteiger partial charge in [0.05, 0.1) is 19.3 Å². The number of phenolic OH excluding ortho intramolecular Hbond substituents is 1. The van der Waals surface area contributed by atoms with E-state index in [9.17, 15) is 9.90 Å². The lowest BCUT2D eigenvalue weighted by atomic mass is 10.1. The van der Waals surface area contributed by atoms with Crippen LogP contribution in [0.5, 0.6) is 11.5 Å². The third-order valence-electron chi connectivity index (χ3n) is 2.05. The number of esters is 1. The van der Waals surface area contributed by atoms with Gasteiger partial charge in [0.25, 0.3) is 0 Å². The second kappa shape index (κ2) is 5.21. The molecular formula is C12H14O4. The van der Waals surface area contributed by atoms with Crippen molar-refractivity contribution in [3.8, 4) is 11.5 Å². The van der Waals surface area contributed by atoms with Crippen LogP contribution in [-0.2, 0) is 9.53 Å². The Kier molecular flexibility index (Phi) is 3.94. The molecule has 0 aliphatic carbocycles. The lowest BCUT2D eigenvalue weighted by Crippen LogP contribution is -2.05. The van der Waals surface area contributed by atoms with Gasteiger partial charge in [0, 0.05) is 0 Å². The van der Waals surface area contributed by atoms with Gasteiger partial charge in [-0.15, -0.1) is 0 Å². The number of hydrogen-bond donors (Lipinski definition) is 1. The molecule has 0 bridgehead atoms. The number of phenols is 1. The van der Waals surface area contributed by atoms with E-state index in [2.05, 4.69) is 6.58 Å². The highest BCUT2D eigenvalue weighted by atomic mass is 16.5. The van der Waals surface area contributed by atoms with Gasteiger partial charge in [-0.25, -0.2) is 4.79 Å². The first kappa shape index (κ1) is 12.1. The van der Waals surface area contributed by atoms with E-state index in [-0.39, 0.29) is 11.3 Å². The maximum absolute atomic E-state index is 11.4. The molecule has 0 aliphatic heterocycles. The van der Waals surface area contributed by atoms with Crippen LogP contribution >= 0.6 is 0 Å². The maximum atomic E-state index is 11.4. The fourth-order valence-electron chi connectivity index (χ4n) is 1.20. The van der Waals surface area contributed by atoms with Crippen molar-refractivity contribution in [3.63, 3.8) is 0 Å². The molecule has 0 saturated heterocycles. The zero-order valence-corrected chi connectivity index (χ0v) is 9.32. The van der Waals surface area contributed by atoms with E-state index in [4.69, 9.17) is 9.47 Å². The molecule has 0 heterocycles. The molecule has 0 atom stereocenters. The minimum Gasteiger partial charge on any atom is -0.504 e. The smallest absolute Gasteiger partial charge is 0.338 e. The molecule has 0 unspecified atom stereocenters. The summed E-state index contributed by atoms with van der Waals surface area (Å²) in [6, 6.07) is 4.56. The fourth-order valence-corrected chi connectivity index (χ4v) is 1.20. The Morgan fingerprint density at radius 1 is 1.50 bits per heavy atom. The number of benzene rings is 1. The summed E-state index contributed by atoms with van der Waals surface area (Å²) in [4.78, 5) is 11.4. The van der Waals surface area contributed by atoms with Crippen LogP contribution in [-0.4, -0.2) is 24.8 Å². The predicted octanol–water partition coefficient (Wildman–Crippen LogP) is 1.98. The highest BCUT2D eigenvalue weighted by Gasteiger charge is 2.12. The Morgan fingerprint density at radius 2 is 2.19 bits per heavy atom. The number of rotatable bonds is 4. The van der Waals surface area contributed by atoms with Gasteiger partial charge in [0.2, 0.25) is 0 Å². The fraction of sp³-hybridized carbons (Fsp3) is 0.250. The van der Waals surface area contributed by atoms with Crippen molar-refractivity contribution < 1.29 is 19.4 Å². The van der Waals surface area contributed by atoms with Crippen molar-refractivity contribution in [3.05, 3.63) is 30.3 Å². The van der Waals surface area contributed by atoms with Crippen molar-refractivity contribution in [2.75, 3.05) is 13.7 Å². The largest absolute Gasteiger partial charge is 0.504 e. The molecular weight excluding hydrogens is 208 g/mol. The standard InChI is InChI=1S/C12H14O4/c1-4-16-12(14)8(2)9-5-6-10(13)11(7-9)15-3/h5-7,13H,2,4H2,1,3H3. The van der Waals surface area contributed by atoms with E-state index in [1.54, 1.807) is 13.0 Å². The molecule has 0 amide bonds. The average molecular weight is 222 g/mol. The summed E-state index contributed by atoms with van der Waals surface area (Å²) >= 11 is 0. The molecule has 0 saturated carbocycles. The minimum absolute atomic E-state index is 0.0166. The van der Waals surface area contributed by atoms with E-state index >= 15 is 0 Å². The summed E-state index contributed by atoms with van der Waals surface area (Å²) in [7, 11) is 1.44. The number of aromatic hydroxyl groups is 1. The van der Waals surface area contributed by atoms with Crippen LogP contribution in [0.2, 0.25) is 0 Å². The number of carbonyl (C=O) groups is 1. The molecule has 0 aromatic heterocycles. The van der Waals surface area contributed by atoms with Crippen LogP contribution in [0.1, 0.15) is 12.5 Å². The van der Waals surface area contributed by atoms with Crippen LogP contribution in [0, 0.1) is 0 Å². The number of carbonyl (C=O) groups excluding carboxylic acids is 1. The molecule has 1 N–H and O–H groups in total. The summed E-state index contributed by atoms with van der Waals surface area (Å²) in [5.41, 5.74) is 0.799. The van der Waals surface area contributed by atoms with Gasteiger partial charge >= 0.3 is 5.97 Å². The summed E-state index contributed by atoms with van der Waals surface area (Å²) < 4.78 is 9.75. The van der Waals surface area contributed by atoms with Gasteiger partial charge < -0.3 is 14.6 Å². The van der Waals surface area contributed by atoms with E-state index < -0.39 is 5.97 Å². The molecule has 1 aromatic carbocycles. The Morgan fingerprint density at radius 3 is 2.75 bits per heavy atom. The van der Waals surface area contributed by atoms with Gasteiger partial charge in [-0.05, 0) is 24.6 Å². The van der Waals surface area contributed by atoms with Crippen molar-refractivity contribution >= 4 is 11.5 Å². The van der Waals surface area contributed by atoms with Gasteiger partial charge in [-0.3, -0.25) is 0 Å². The first-order valence-corrected chi connectivity index (χ1v) is 4.83. The summed E-state index contributed by atoms with van der Waals surface area (Å²) in [5.74, 6) is -0.166. The second-order valence-corrected chi connectivity index (χ2v) is 3.09. The summed E-state index contributed by atoms with van der Waals surface area (Å²) in [6.07, 6.45) is 0. The van der Waals surface area contributed by atoms with Crippen molar-refractivity contribution in [1.82, 2.24) is 0 Å². The van der Waals surface area contributed by atoms with E-state index in [1.165, 1.54) is 19.2 Å². The molecule has 1 rings (SSSR count). The van der Waals surface area contributed by atoms with Crippen molar-refractivity contribution in [2.45, 2.75) is 6.92 Å².